The lowest BCUT2D eigenvalue weighted by Gasteiger charge is -2.07. The van der Waals surface area contributed by atoms with Gasteiger partial charge in [-0.2, -0.15) is 0 Å². The zero-order valence-electron chi connectivity index (χ0n) is 16.2. The van der Waals surface area contributed by atoms with Crippen LogP contribution < -0.4 is 5.32 Å². The lowest BCUT2D eigenvalue weighted by Crippen LogP contribution is -2.27. The van der Waals surface area contributed by atoms with Crippen LogP contribution in [0.3, 0.4) is 0 Å². The maximum Gasteiger partial charge on any atom is 0.407 e. The average Bonchev–Trinajstić information content (AvgIpc) is 3.17. The molecule has 1 N–H and O–H groups in total. The molecule has 152 valence electrons. The number of alkyl carbamates (subject to hydrolysis) is 1. The lowest BCUT2D eigenvalue weighted by atomic mass is 10.1. The van der Waals surface area contributed by atoms with Crippen molar-refractivity contribution in [2.45, 2.75) is 19.6 Å². The molecule has 7 nitrogen and oxygen atoms in total. The number of oxazole rings is 1. The molecule has 0 aliphatic heterocycles. The molecule has 0 unspecified atom stereocenters. The van der Waals surface area contributed by atoms with Crippen molar-refractivity contribution in [1.82, 2.24) is 10.3 Å². The Labute approximate surface area is 172 Å². The highest BCUT2D eigenvalue weighted by Gasteiger charge is 2.11. The number of rotatable bonds is 7. The van der Waals surface area contributed by atoms with Crippen molar-refractivity contribution < 1.29 is 23.5 Å². The molecule has 7 heteroatoms. The number of amides is 1. The van der Waals surface area contributed by atoms with Crippen LogP contribution in [0.25, 0.3) is 21.9 Å². The first-order valence-corrected chi connectivity index (χ1v) is 9.56. The molecule has 1 aromatic heterocycles. The number of carbonyl (C=O) groups excluding carboxylic acids is 2. The molecule has 1 heterocycles. The van der Waals surface area contributed by atoms with Crippen molar-refractivity contribution in [2.75, 3.05) is 6.54 Å². The molecule has 1 amide bonds. The van der Waals surface area contributed by atoms with Crippen molar-refractivity contribution in [3.63, 3.8) is 0 Å². The van der Waals surface area contributed by atoms with Crippen LogP contribution >= 0.6 is 0 Å². The fourth-order valence-corrected chi connectivity index (χ4v) is 2.98. The first-order chi connectivity index (χ1) is 14.7. The summed E-state index contributed by atoms with van der Waals surface area (Å²) in [6, 6.07) is 21.1. The molecule has 3 aromatic carbocycles. The van der Waals surface area contributed by atoms with E-state index in [-0.39, 0.29) is 26.2 Å². The smallest absolute Gasteiger partial charge is 0.407 e. The van der Waals surface area contributed by atoms with Crippen molar-refractivity contribution in [2.24, 2.45) is 0 Å². The molecule has 4 rings (SSSR count). The summed E-state index contributed by atoms with van der Waals surface area (Å²) in [6.45, 7) is 0.220. The van der Waals surface area contributed by atoms with Crippen molar-refractivity contribution in [1.29, 1.82) is 0 Å². The molecule has 0 aliphatic carbocycles. The number of fused-ring (bicyclic) bond motifs is 2. The van der Waals surface area contributed by atoms with Crippen LogP contribution in [0.2, 0.25) is 0 Å². The Morgan fingerprint density at radius 2 is 1.63 bits per heavy atom. The van der Waals surface area contributed by atoms with Gasteiger partial charge >= 0.3 is 12.1 Å². The van der Waals surface area contributed by atoms with E-state index in [1.807, 2.05) is 66.7 Å². The van der Waals surface area contributed by atoms with Gasteiger partial charge in [0.25, 0.3) is 0 Å². The predicted molar refractivity (Wildman–Crippen MR) is 111 cm³/mol. The predicted octanol–water partition coefficient (Wildman–Crippen LogP) is 4.34. The Hall–Kier alpha value is -3.87. The molecular weight excluding hydrogens is 384 g/mol. The lowest BCUT2D eigenvalue weighted by molar-refractivity contribution is -0.145. The number of carbonyl (C=O) groups is 2. The zero-order valence-corrected chi connectivity index (χ0v) is 16.2. The van der Waals surface area contributed by atoms with Crippen LogP contribution in [0.1, 0.15) is 17.9 Å². The number of hydrogen-bond acceptors (Lipinski definition) is 6. The fraction of sp³-hybridized carbons (Fsp3) is 0.174. The Morgan fingerprint density at radius 1 is 0.900 bits per heavy atom. The van der Waals surface area contributed by atoms with Crippen LogP contribution in [0.15, 0.2) is 71.1 Å². The van der Waals surface area contributed by atoms with Crippen LogP contribution in [-0.4, -0.2) is 23.6 Å². The second-order valence-electron chi connectivity index (χ2n) is 6.67. The number of nitrogens with zero attached hydrogens (tertiary/aromatic N) is 1. The van der Waals surface area contributed by atoms with Gasteiger partial charge in [0.05, 0.1) is 6.42 Å². The van der Waals surface area contributed by atoms with Gasteiger partial charge in [0.2, 0.25) is 5.89 Å². The summed E-state index contributed by atoms with van der Waals surface area (Å²) in [7, 11) is 0. The minimum atomic E-state index is -0.585. The number of ether oxygens (including phenoxy) is 2. The third kappa shape index (κ3) is 4.94. The van der Waals surface area contributed by atoms with E-state index in [0.717, 1.165) is 16.3 Å². The Bertz CT molecular complexity index is 1120. The van der Waals surface area contributed by atoms with Gasteiger partial charge in [0.1, 0.15) is 12.1 Å². The summed E-state index contributed by atoms with van der Waals surface area (Å²) < 4.78 is 15.9. The molecule has 0 saturated heterocycles. The van der Waals surface area contributed by atoms with Crippen LogP contribution in [0.5, 0.6) is 0 Å². The maximum atomic E-state index is 11.9. The maximum absolute atomic E-state index is 11.9. The fourth-order valence-electron chi connectivity index (χ4n) is 2.98. The second kappa shape index (κ2) is 9.09. The first kappa shape index (κ1) is 19.4. The third-order valence-electron chi connectivity index (χ3n) is 4.47. The SMILES string of the molecule is O=C(CCNC(=O)OCc1ccccc1)OCc1nc2cc3ccccc3cc2o1. The highest BCUT2D eigenvalue weighted by atomic mass is 16.6. The summed E-state index contributed by atoms with van der Waals surface area (Å²) in [6.07, 6.45) is -0.567. The quantitative estimate of drug-likeness (QED) is 0.461. The van der Waals surface area contributed by atoms with E-state index in [4.69, 9.17) is 13.9 Å². The van der Waals surface area contributed by atoms with Crippen LogP contribution in [-0.2, 0) is 27.5 Å². The van der Waals surface area contributed by atoms with Gasteiger partial charge in [0.15, 0.2) is 12.2 Å². The molecule has 0 aliphatic rings. The van der Waals surface area contributed by atoms with E-state index in [1.54, 1.807) is 0 Å². The third-order valence-corrected chi connectivity index (χ3v) is 4.47. The van der Waals surface area contributed by atoms with E-state index < -0.39 is 12.1 Å². The number of aromatic nitrogens is 1. The molecule has 0 spiro atoms. The minimum absolute atomic E-state index is 0.0184. The molecule has 0 radical (unpaired) electrons. The Balaban J connectivity index is 1.21. The minimum Gasteiger partial charge on any atom is -0.456 e. The highest BCUT2D eigenvalue weighted by molar-refractivity contribution is 5.94. The number of benzene rings is 3. The number of hydrogen-bond donors (Lipinski definition) is 1. The summed E-state index contributed by atoms with van der Waals surface area (Å²) in [5, 5.41) is 4.63. The van der Waals surface area contributed by atoms with Crippen molar-refractivity contribution >= 4 is 33.9 Å². The van der Waals surface area contributed by atoms with Crippen LogP contribution in [0.4, 0.5) is 4.79 Å². The van der Waals surface area contributed by atoms with Crippen LogP contribution in [0, 0.1) is 0 Å². The average molecular weight is 404 g/mol. The molecule has 0 fully saturated rings. The molecule has 0 bridgehead atoms. The number of nitrogens with one attached hydrogen (secondary N) is 1. The summed E-state index contributed by atoms with van der Waals surface area (Å²) in [5.74, 6) is -0.144. The highest BCUT2D eigenvalue weighted by Crippen LogP contribution is 2.23. The molecule has 30 heavy (non-hydrogen) atoms. The van der Waals surface area contributed by atoms with Gasteiger partial charge in [-0.15, -0.1) is 0 Å². The largest absolute Gasteiger partial charge is 0.456 e. The second-order valence-corrected chi connectivity index (χ2v) is 6.67. The summed E-state index contributed by atoms with van der Waals surface area (Å²) >= 11 is 0. The van der Waals surface area contributed by atoms with E-state index in [0.29, 0.717) is 17.0 Å². The van der Waals surface area contributed by atoms with E-state index in [2.05, 4.69) is 10.3 Å². The van der Waals surface area contributed by atoms with Crippen molar-refractivity contribution in [3.8, 4) is 0 Å². The van der Waals surface area contributed by atoms with Gasteiger partial charge in [-0.1, -0.05) is 54.6 Å². The number of esters is 1. The normalized spacial score (nSPS) is 10.8. The standard InChI is InChI=1S/C23H20N2O5/c26-22(10-11-24-23(27)29-14-16-6-2-1-3-7-16)28-15-21-25-19-12-17-8-4-5-9-18(17)13-20(19)30-21/h1-9,12-13H,10-11,14-15H2,(H,24,27). The van der Waals surface area contributed by atoms with Gasteiger partial charge in [-0.05, 0) is 28.5 Å². The van der Waals surface area contributed by atoms with Gasteiger partial charge in [0, 0.05) is 6.54 Å². The van der Waals surface area contributed by atoms with Gasteiger partial charge < -0.3 is 19.2 Å². The van der Waals surface area contributed by atoms with Gasteiger partial charge in [-0.3, -0.25) is 4.79 Å². The Morgan fingerprint density at radius 3 is 2.43 bits per heavy atom. The first-order valence-electron chi connectivity index (χ1n) is 9.56. The molecule has 0 saturated carbocycles. The molecular formula is C23H20N2O5. The van der Waals surface area contributed by atoms with E-state index in [9.17, 15) is 9.59 Å². The van der Waals surface area contributed by atoms with E-state index in [1.165, 1.54) is 0 Å². The van der Waals surface area contributed by atoms with Crippen molar-refractivity contribution in [3.05, 3.63) is 78.2 Å². The monoisotopic (exact) mass is 404 g/mol. The molecule has 4 aromatic rings. The zero-order chi connectivity index (χ0) is 20.8. The Kier molecular flexibility index (Phi) is 5.89. The van der Waals surface area contributed by atoms with E-state index >= 15 is 0 Å². The summed E-state index contributed by atoms with van der Waals surface area (Å²) in [5.41, 5.74) is 2.24. The van der Waals surface area contributed by atoms with Gasteiger partial charge in [-0.25, -0.2) is 9.78 Å². The molecule has 0 atom stereocenters. The topological polar surface area (TPSA) is 90.7 Å². The summed E-state index contributed by atoms with van der Waals surface area (Å²) in [4.78, 5) is 27.9.